The van der Waals surface area contributed by atoms with Crippen LogP contribution < -0.4 is 5.32 Å². The Balaban J connectivity index is 2.16. The first-order valence-electron chi connectivity index (χ1n) is 6.85. The Morgan fingerprint density at radius 2 is 2.17 bits per heavy atom. The fourth-order valence-corrected chi connectivity index (χ4v) is 2.78. The van der Waals surface area contributed by atoms with Gasteiger partial charge in [0, 0.05) is 11.7 Å². The molecule has 1 N–H and O–H groups in total. The molecule has 3 rings (SSSR count). The van der Waals surface area contributed by atoms with Gasteiger partial charge < -0.3 is 5.32 Å². The lowest BCUT2D eigenvalue weighted by Gasteiger charge is -2.31. The number of aryl methyl sites for hydroxylation is 1. The maximum Gasteiger partial charge on any atom is 0.183 e. The highest BCUT2D eigenvalue weighted by Crippen LogP contribution is 2.34. The zero-order valence-corrected chi connectivity index (χ0v) is 11.3. The third-order valence-electron chi connectivity index (χ3n) is 3.91. The fraction of sp³-hybridized carbons (Fsp3) is 0.571. The van der Waals surface area contributed by atoms with E-state index in [1.54, 1.807) is 0 Å². The summed E-state index contributed by atoms with van der Waals surface area (Å²) in [6.07, 6.45) is 3.44. The van der Waals surface area contributed by atoms with E-state index in [-0.39, 0.29) is 0 Å². The summed E-state index contributed by atoms with van der Waals surface area (Å²) in [5, 5.41) is 9.44. The smallest absolute Gasteiger partial charge is 0.183 e. The van der Waals surface area contributed by atoms with Gasteiger partial charge in [-0.15, -0.1) is 0 Å². The molecule has 2 atom stereocenters. The minimum atomic E-state index is 0.501. The van der Waals surface area contributed by atoms with Gasteiger partial charge >= 0.3 is 0 Å². The number of aromatic nitrogens is 3. The lowest BCUT2D eigenvalue weighted by Crippen LogP contribution is -2.31. The highest BCUT2D eigenvalue weighted by molar-refractivity contribution is 5.88. The van der Waals surface area contributed by atoms with E-state index in [0.717, 1.165) is 41.8 Å². The standard InChI is InChI=1S/C14H20N4/c1-4-10-8-11(5-2)18-14(16-10)12-7-6-9(3)15-13(12)17-18/h6-7,10-11,16H,4-5,8H2,1-3H3. The molecule has 3 heterocycles. The van der Waals surface area contributed by atoms with Crippen molar-refractivity contribution < 1.29 is 0 Å². The van der Waals surface area contributed by atoms with Crippen LogP contribution in [0.15, 0.2) is 12.1 Å². The van der Waals surface area contributed by atoms with Crippen LogP contribution in [0.2, 0.25) is 0 Å². The molecule has 2 unspecified atom stereocenters. The molecular formula is C14H20N4. The average Bonchev–Trinajstić information content (AvgIpc) is 2.74. The van der Waals surface area contributed by atoms with E-state index in [1.807, 2.05) is 6.92 Å². The highest BCUT2D eigenvalue weighted by atomic mass is 15.4. The van der Waals surface area contributed by atoms with Crippen LogP contribution in [-0.2, 0) is 0 Å². The molecule has 18 heavy (non-hydrogen) atoms. The van der Waals surface area contributed by atoms with E-state index >= 15 is 0 Å². The second-order valence-corrected chi connectivity index (χ2v) is 5.16. The number of hydrogen-bond acceptors (Lipinski definition) is 3. The van der Waals surface area contributed by atoms with E-state index in [0.29, 0.717) is 12.1 Å². The first-order valence-corrected chi connectivity index (χ1v) is 6.85. The van der Waals surface area contributed by atoms with Crippen LogP contribution in [0.5, 0.6) is 0 Å². The Hall–Kier alpha value is -1.58. The summed E-state index contributed by atoms with van der Waals surface area (Å²) in [4.78, 5) is 4.53. The molecule has 0 spiro atoms. The quantitative estimate of drug-likeness (QED) is 0.881. The zero-order chi connectivity index (χ0) is 12.7. The van der Waals surface area contributed by atoms with Crippen LogP contribution in [-0.4, -0.2) is 20.8 Å². The van der Waals surface area contributed by atoms with Crippen molar-refractivity contribution in [1.82, 2.24) is 14.8 Å². The van der Waals surface area contributed by atoms with Crippen LogP contribution in [0.1, 0.15) is 44.8 Å². The van der Waals surface area contributed by atoms with Crippen molar-refractivity contribution in [2.75, 3.05) is 5.32 Å². The molecule has 0 saturated heterocycles. The molecule has 96 valence electrons. The third kappa shape index (κ3) is 1.67. The molecule has 0 amide bonds. The van der Waals surface area contributed by atoms with E-state index in [4.69, 9.17) is 0 Å². The second kappa shape index (κ2) is 4.26. The number of anilines is 1. The Morgan fingerprint density at radius 3 is 2.89 bits per heavy atom. The fourth-order valence-electron chi connectivity index (χ4n) is 2.78. The summed E-state index contributed by atoms with van der Waals surface area (Å²) in [7, 11) is 0. The number of nitrogens with zero attached hydrogens (tertiary/aromatic N) is 3. The molecule has 0 aromatic carbocycles. The molecule has 0 fully saturated rings. The van der Waals surface area contributed by atoms with Crippen LogP contribution in [0.3, 0.4) is 0 Å². The van der Waals surface area contributed by atoms with Gasteiger partial charge in [0.1, 0.15) is 5.82 Å². The van der Waals surface area contributed by atoms with Crippen LogP contribution in [0, 0.1) is 6.92 Å². The summed E-state index contributed by atoms with van der Waals surface area (Å²) in [6.45, 7) is 6.48. The van der Waals surface area contributed by atoms with Gasteiger partial charge in [0.05, 0.1) is 11.4 Å². The molecular weight excluding hydrogens is 224 g/mol. The average molecular weight is 244 g/mol. The SMILES string of the molecule is CCC1CC(CC)n2nc3nc(C)ccc3c2N1. The van der Waals surface area contributed by atoms with Gasteiger partial charge in [-0.1, -0.05) is 13.8 Å². The molecule has 2 aromatic heterocycles. The van der Waals surface area contributed by atoms with Gasteiger partial charge in [0.2, 0.25) is 0 Å². The van der Waals surface area contributed by atoms with Crippen LogP contribution >= 0.6 is 0 Å². The summed E-state index contributed by atoms with van der Waals surface area (Å²) < 4.78 is 2.14. The molecule has 4 heteroatoms. The monoisotopic (exact) mass is 244 g/mol. The molecule has 1 aliphatic heterocycles. The largest absolute Gasteiger partial charge is 0.367 e. The van der Waals surface area contributed by atoms with Crippen molar-refractivity contribution in [2.45, 2.75) is 52.1 Å². The minimum Gasteiger partial charge on any atom is -0.367 e. The summed E-state index contributed by atoms with van der Waals surface area (Å²) >= 11 is 0. The summed E-state index contributed by atoms with van der Waals surface area (Å²) in [6, 6.07) is 5.25. The number of nitrogens with one attached hydrogen (secondary N) is 1. The topological polar surface area (TPSA) is 42.7 Å². The summed E-state index contributed by atoms with van der Waals surface area (Å²) in [5.41, 5.74) is 1.89. The van der Waals surface area contributed by atoms with Gasteiger partial charge in [-0.3, -0.25) is 0 Å². The Labute approximate surface area is 107 Å². The molecule has 0 bridgehead atoms. The normalized spacial score (nSPS) is 22.8. The number of hydrogen-bond donors (Lipinski definition) is 1. The van der Waals surface area contributed by atoms with Gasteiger partial charge in [-0.25, -0.2) is 9.67 Å². The number of rotatable bonds is 2. The van der Waals surface area contributed by atoms with Crippen molar-refractivity contribution in [3.8, 4) is 0 Å². The second-order valence-electron chi connectivity index (χ2n) is 5.16. The van der Waals surface area contributed by atoms with Crippen LogP contribution in [0.4, 0.5) is 5.82 Å². The van der Waals surface area contributed by atoms with E-state index in [9.17, 15) is 0 Å². The maximum absolute atomic E-state index is 4.68. The zero-order valence-electron chi connectivity index (χ0n) is 11.3. The first kappa shape index (κ1) is 11.5. The summed E-state index contributed by atoms with van der Waals surface area (Å²) in [5.74, 6) is 1.16. The maximum atomic E-state index is 4.68. The van der Waals surface area contributed by atoms with Crippen LogP contribution in [0.25, 0.3) is 11.0 Å². The third-order valence-corrected chi connectivity index (χ3v) is 3.91. The molecule has 0 radical (unpaired) electrons. The van der Waals surface area contributed by atoms with Crippen molar-refractivity contribution >= 4 is 16.9 Å². The molecule has 1 aliphatic rings. The lowest BCUT2D eigenvalue weighted by atomic mass is 10.0. The molecule has 0 saturated carbocycles. The van der Waals surface area contributed by atoms with Gasteiger partial charge in [0.15, 0.2) is 5.65 Å². The van der Waals surface area contributed by atoms with E-state index < -0.39 is 0 Å². The number of pyridine rings is 1. The predicted molar refractivity (Wildman–Crippen MR) is 73.9 cm³/mol. The molecule has 2 aromatic rings. The van der Waals surface area contributed by atoms with Gasteiger partial charge in [0.25, 0.3) is 0 Å². The van der Waals surface area contributed by atoms with Crippen molar-refractivity contribution in [1.29, 1.82) is 0 Å². The van der Waals surface area contributed by atoms with Crippen molar-refractivity contribution in [3.63, 3.8) is 0 Å². The molecule has 0 aliphatic carbocycles. The van der Waals surface area contributed by atoms with E-state index in [1.165, 1.54) is 0 Å². The Kier molecular flexibility index (Phi) is 2.73. The Bertz CT molecular complexity index is 572. The van der Waals surface area contributed by atoms with Gasteiger partial charge in [-0.05, 0) is 38.3 Å². The lowest BCUT2D eigenvalue weighted by molar-refractivity contribution is 0.364. The number of fused-ring (bicyclic) bond motifs is 3. The first-order chi connectivity index (χ1) is 8.72. The Morgan fingerprint density at radius 1 is 1.33 bits per heavy atom. The predicted octanol–water partition coefficient (Wildman–Crippen LogP) is 3.29. The van der Waals surface area contributed by atoms with Crippen molar-refractivity contribution in [3.05, 3.63) is 17.8 Å². The minimum absolute atomic E-state index is 0.501. The van der Waals surface area contributed by atoms with E-state index in [2.05, 4.69) is 46.1 Å². The molecule has 4 nitrogen and oxygen atoms in total. The van der Waals surface area contributed by atoms with Crippen molar-refractivity contribution in [2.24, 2.45) is 0 Å². The highest BCUT2D eigenvalue weighted by Gasteiger charge is 2.27. The van der Waals surface area contributed by atoms with Gasteiger partial charge in [-0.2, -0.15) is 5.10 Å².